The Morgan fingerprint density at radius 1 is 1.03 bits per heavy atom. The Kier molecular flexibility index (Phi) is 6.86. The molecule has 2 aromatic carbocycles. The number of nitrogens with one attached hydrogen (secondary N) is 1. The van der Waals surface area contributed by atoms with Gasteiger partial charge in [0, 0.05) is 38.3 Å². The molecule has 2 aliphatic heterocycles. The summed E-state index contributed by atoms with van der Waals surface area (Å²) in [5.41, 5.74) is 2.78. The van der Waals surface area contributed by atoms with E-state index in [1.54, 1.807) is 29.2 Å². The first-order chi connectivity index (χ1) is 15.7. The van der Waals surface area contributed by atoms with E-state index in [9.17, 15) is 18.0 Å². The van der Waals surface area contributed by atoms with Gasteiger partial charge < -0.3 is 10.2 Å². The summed E-state index contributed by atoms with van der Waals surface area (Å²) in [4.78, 5) is 27.0. The van der Waals surface area contributed by atoms with Gasteiger partial charge in [-0.05, 0) is 55.5 Å². The summed E-state index contributed by atoms with van der Waals surface area (Å²) in [5, 5.41) is 2.92. The number of amides is 2. The smallest absolute Gasteiger partial charge is 0.243 e. The van der Waals surface area contributed by atoms with E-state index < -0.39 is 15.9 Å². The van der Waals surface area contributed by atoms with Crippen LogP contribution in [0.5, 0.6) is 0 Å². The van der Waals surface area contributed by atoms with Crippen LogP contribution in [0.25, 0.3) is 0 Å². The summed E-state index contributed by atoms with van der Waals surface area (Å²) in [6.45, 7) is 5.93. The number of sulfonamides is 1. The van der Waals surface area contributed by atoms with E-state index in [-0.39, 0.29) is 29.7 Å². The highest BCUT2D eigenvalue weighted by Gasteiger charge is 2.35. The quantitative estimate of drug-likeness (QED) is 0.704. The zero-order chi connectivity index (χ0) is 23.6. The molecule has 2 heterocycles. The van der Waals surface area contributed by atoms with Crippen molar-refractivity contribution in [3.63, 3.8) is 0 Å². The lowest BCUT2D eigenvalue weighted by atomic mass is 10.0. The van der Waals surface area contributed by atoms with E-state index in [2.05, 4.69) is 12.2 Å². The minimum atomic E-state index is -3.53. The van der Waals surface area contributed by atoms with Crippen LogP contribution < -0.4 is 10.2 Å². The average Bonchev–Trinajstić information content (AvgIpc) is 3.20. The lowest BCUT2D eigenvalue weighted by Crippen LogP contribution is -2.37. The van der Waals surface area contributed by atoms with Crippen LogP contribution >= 0.6 is 0 Å². The van der Waals surface area contributed by atoms with Gasteiger partial charge in [-0.1, -0.05) is 36.8 Å². The normalized spacial score (nSPS) is 20.2. The zero-order valence-corrected chi connectivity index (χ0v) is 20.0. The third-order valence-electron chi connectivity index (χ3n) is 6.61. The summed E-state index contributed by atoms with van der Waals surface area (Å²) in [6.07, 6.45) is 1.88. The second-order valence-corrected chi connectivity index (χ2v) is 11.1. The second-order valence-electron chi connectivity index (χ2n) is 9.19. The molecule has 2 saturated heterocycles. The molecule has 2 aromatic rings. The van der Waals surface area contributed by atoms with Crippen LogP contribution in [0, 0.1) is 18.8 Å². The van der Waals surface area contributed by atoms with Crippen LogP contribution in [0.2, 0.25) is 0 Å². The van der Waals surface area contributed by atoms with Crippen molar-refractivity contribution in [3.05, 3.63) is 59.7 Å². The number of aryl methyl sites for hydroxylation is 1. The maximum Gasteiger partial charge on any atom is 0.243 e. The molecule has 0 bridgehead atoms. The summed E-state index contributed by atoms with van der Waals surface area (Å²) in [7, 11) is -3.53. The molecule has 0 saturated carbocycles. The molecule has 33 heavy (non-hydrogen) atoms. The van der Waals surface area contributed by atoms with Crippen molar-refractivity contribution in [1.82, 2.24) is 9.62 Å². The minimum absolute atomic E-state index is 0.133. The van der Waals surface area contributed by atoms with Crippen molar-refractivity contribution in [2.24, 2.45) is 11.8 Å². The van der Waals surface area contributed by atoms with Crippen LogP contribution in [0.1, 0.15) is 37.3 Å². The predicted molar refractivity (Wildman–Crippen MR) is 127 cm³/mol. The van der Waals surface area contributed by atoms with E-state index in [0.717, 1.165) is 24.0 Å². The molecule has 7 nitrogen and oxygen atoms in total. The van der Waals surface area contributed by atoms with Gasteiger partial charge in [0.1, 0.15) is 0 Å². The van der Waals surface area contributed by atoms with Gasteiger partial charge in [0.05, 0.1) is 10.8 Å². The fourth-order valence-electron chi connectivity index (χ4n) is 4.34. The van der Waals surface area contributed by atoms with Gasteiger partial charge in [0.25, 0.3) is 0 Å². The lowest BCUT2D eigenvalue weighted by Gasteiger charge is -2.29. The minimum Gasteiger partial charge on any atom is -0.352 e. The zero-order valence-electron chi connectivity index (χ0n) is 19.2. The van der Waals surface area contributed by atoms with Crippen LogP contribution in [0.3, 0.4) is 0 Å². The highest BCUT2D eigenvalue weighted by atomic mass is 32.2. The van der Waals surface area contributed by atoms with Gasteiger partial charge in [0.2, 0.25) is 21.8 Å². The number of anilines is 1. The highest BCUT2D eigenvalue weighted by molar-refractivity contribution is 7.89. The average molecular weight is 470 g/mol. The van der Waals surface area contributed by atoms with Crippen molar-refractivity contribution in [2.75, 3.05) is 24.5 Å². The number of piperidine rings is 1. The number of hydrogen-bond donors (Lipinski definition) is 1. The first-order valence-electron chi connectivity index (χ1n) is 11.5. The summed E-state index contributed by atoms with van der Waals surface area (Å²) in [6, 6.07) is 14.4. The van der Waals surface area contributed by atoms with Gasteiger partial charge >= 0.3 is 0 Å². The van der Waals surface area contributed by atoms with Gasteiger partial charge in [-0.25, -0.2) is 8.42 Å². The van der Waals surface area contributed by atoms with Crippen LogP contribution in [0.4, 0.5) is 5.69 Å². The van der Waals surface area contributed by atoms with Crippen molar-refractivity contribution >= 4 is 27.5 Å². The second kappa shape index (κ2) is 9.65. The molecule has 2 amide bonds. The molecule has 0 aliphatic carbocycles. The van der Waals surface area contributed by atoms with E-state index >= 15 is 0 Å². The van der Waals surface area contributed by atoms with Gasteiger partial charge in [-0.2, -0.15) is 4.31 Å². The lowest BCUT2D eigenvalue weighted by molar-refractivity contribution is -0.126. The number of nitrogens with zero attached hydrogens (tertiary/aromatic N) is 2. The molecule has 4 rings (SSSR count). The standard InChI is InChI=1S/C25H31N3O4S/c1-18-3-5-20(6-4-18)16-26-25(30)21-15-24(29)28(17-21)22-7-9-23(10-8-22)33(31,32)27-13-11-19(2)12-14-27/h3-10,19,21H,11-17H2,1-2H3,(H,26,30). The third kappa shape index (κ3) is 5.28. The largest absolute Gasteiger partial charge is 0.352 e. The number of carbonyl (C=O) groups excluding carboxylic acids is 2. The van der Waals surface area contributed by atoms with Crippen molar-refractivity contribution < 1.29 is 18.0 Å². The first kappa shape index (κ1) is 23.4. The van der Waals surface area contributed by atoms with Gasteiger partial charge in [-0.3, -0.25) is 9.59 Å². The highest BCUT2D eigenvalue weighted by Crippen LogP contribution is 2.28. The van der Waals surface area contributed by atoms with Crippen LogP contribution in [-0.4, -0.2) is 44.2 Å². The summed E-state index contributed by atoms with van der Waals surface area (Å²) >= 11 is 0. The van der Waals surface area contributed by atoms with Crippen molar-refractivity contribution in [1.29, 1.82) is 0 Å². The fourth-order valence-corrected chi connectivity index (χ4v) is 5.81. The number of benzene rings is 2. The summed E-state index contributed by atoms with van der Waals surface area (Å²) in [5.74, 6) is -0.167. The molecule has 2 aliphatic rings. The first-order valence-corrected chi connectivity index (χ1v) is 12.9. The Labute approximate surface area is 195 Å². The molecular weight excluding hydrogens is 438 g/mol. The van der Waals surface area contributed by atoms with Crippen LogP contribution in [-0.2, 0) is 26.2 Å². The topological polar surface area (TPSA) is 86.8 Å². The van der Waals surface area contributed by atoms with Crippen LogP contribution in [0.15, 0.2) is 53.4 Å². The Morgan fingerprint density at radius 3 is 2.30 bits per heavy atom. The van der Waals surface area contributed by atoms with E-state index in [0.29, 0.717) is 31.2 Å². The molecule has 8 heteroatoms. The number of rotatable bonds is 6. The van der Waals surface area contributed by atoms with Crippen molar-refractivity contribution in [2.45, 2.75) is 44.6 Å². The summed E-state index contributed by atoms with van der Waals surface area (Å²) < 4.78 is 27.4. The SMILES string of the molecule is Cc1ccc(CNC(=O)C2CC(=O)N(c3ccc(S(=O)(=O)N4CCC(C)CC4)cc3)C2)cc1. The number of hydrogen-bond acceptors (Lipinski definition) is 4. The molecule has 1 N–H and O–H groups in total. The molecule has 0 radical (unpaired) electrons. The fraction of sp³-hybridized carbons (Fsp3) is 0.440. The van der Waals surface area contributed by atoms with Gasteiger partial charge in [-0.15, -0.1) is 0 Å². The Morgan fingerprint density at radius 2 is 1.67 bits per heavy atom. The van der Waals surface area contributed by atoms with Crippen molar-refractivity contribution in [3.8, 4) is 0 Å². The van der Waals surface area contributed by atoms with E-state index in [1.807, 2.05) is 31.2 Å². The molecule has 0 aromatic heterocycles. The predicted octanol–water partition coefficient (Wildman–Crippen LogP) is 3.08. The third-order valence-corrected chi connectivity index (χ3v) is 8.52. The molecule has 176 valence electrons. The van der Waals surface area contributed by atoms with E-state index in [4.69, 9.17) is 0 Å². The maximum absolute atomic E-state index is 12.9. The molecule has 1 unspecified atom stereocenters. The Balaban J connectivity index is 1.37. The number of carbonyl (C=O) groups is 2. The molecule has 1 atom stereocenters. The Hall–Kier alpha value is -2.71. The van der Waals surface area contributed by atoms with Gasteiger partial charge in [0.15, 0.2) is 0 Å². The maximum atomic E-state index is 12.9. The molecular formula is C25H31N3O4S. The van der Waals surface area contributed by atoms with E-state index in [1.165, 1.54) is 4.31 Å². The monoisotopic (exact) mass is 469 g/mol. The Bertz CT molecular complexity index is 1110. The molecule has 0 spiro atoms. The molecule has 2 fully saturated rings.